The lowest BCUT2D eigenvalue weighted by molar-refractivity contribution is -0.116. The third-order valence-electron chi connectivity index (χ3n) is 5.09. The van der Waals surface area contributed by atoms with Crippen LogP contribution >= 0.6 is 12.2 Å². The fourth-order valence-electron chi connectivity index (χ4n) is 3.14. The van der Waals surface area contributed by atoms with Crippen molar-refractivity contribution in [2.24, 2.45) is 0 Å². The molecule has 188 valence electrons. The molecule has 2 rings (SSSR count). The minimum Gasteiger partial charge on any atom is -0.493 e. The quantitative estimate of drug-likeness (QED) is 0.192. The van der Waals surface area contributed by atoms with Crippen LogP contribution in [0, 0.1) is 0 Å². The number of hydrazine groups is 1. The van der Waals surface area contributed by atoms with Crippen molar-refractivity contribution in [2.75, 3.05) is 11.9 Å². The van der Waals surface area contributed by atoms with E-state index in [1.807, 2.05) is 6.92 Å². The van der Waals surface area contributed by atoms with E-state index in [-0.39, 0.29) is 11.0 Å². The number of carbonyl (C=O) groups excluding carboxylic acids is 3. The molecule has 9 heteroatoms. The van der Waals surface area contributed by atoms with Crippen molar-refractivity contribution in [3.05, 3.63) is 59.7 Å². The normalized spacial score (nSPS) is 10.2. The lowest BCUT2D eigenvalue weighted by Gasteiger charge is -2.13. The number of rotatable bonds is 12. The number of thiocarbonyl (C=S) groups is 1. The Morgan fingerprint density at radius 3 is 2.26 bits per heavy atom. The van der Waals surface area contributed by atoms with Crippen molar-refractivity contribution in [3.8, 4) is 5.75 Å². The summed E-state index contributed by atoms with van der Waals surface area (Å²) >= 11 is 5.13. The van der Waals surface area contributed by atoms with Crippen molar-refractivity contribution in [3.63, 3.8) is 0 Å². The van der Waals surface area contributed by atoms with Crippen LogP contribution in [0.25, 0.3) is 0 Å². The van der Waals surface area contributed by atoms with Gasteiger partial charge < -0.3 is 10.1 Å². The summed E-state index contributed by atoms with van der Waals surface area (Å²) in [6.45, 7) is 4.70. The smallest absolute Gasteiger partial charge is 0.269 e. The van der Waals surface area contributed by atoms with E-state index < -0.39 is 11.8 Å². The Bertz CT molecular complexity index is 995. The van der Waals surface area contributed by atoms with Gasteiger partial charge in [-0.3, -0.25) is 30.6 Å². The molecular weight excluding hydrogens is 464 g/mol. The summed E-state index contributed by atoms with van der Waals surface area (Å²) < 4.78 is 5.77. The highest BCUT2D eigenvalue weighted by Gasteiger charge is 2.14. The molecule has 8 nitrogen and oxygen atoms in total. The van der Waals surface area contributed by atoms with Gasteiger partial charge in [-0.1, -0.05) is 51.7 Å². The molecule has 35 heavy (non-hydrogen) atoms. The van der Waals surface area contributed by atoms with E-state index in [0.717, 1.165) is 38.5 Å². The van der Waals surface area contributed by atoms with Crippen LogP contribution in [0.15, 0.2) is 48.5 Å². The monoisotopic (exact) mass is 498 g/mol. The summed E-state index contributed by atoms with van der Waals surface area (Å²) in [6.07, 6.45) is 6.52. The molecule has 0 aliphatic heterocycles. The SMILES string of the molecule is CCCCCCOc1ccccc1C(=O)NC(=S)NNC(=O)c1ccc(NC(=O)CCCC)cc1. The molecule has 0 saturated carbocycles. The standard InChI is InChI=1S/C26H34N4O4S/c1-3-5-7-10-18-34-22-12-9-8-11-21(22)25(33)28-26(35)30-29-24(32)19-14-16-20(17-15-19)27-23(31)13-6-4-2/h8-9,11-12,14-17H,3-7,10,13,18H2,1-2H3,(H,27,31)(H,29,32)(H2,28,30,33,35). The van der Waals surface area contributed by atoms with Crippen molar-refractivity contribution in [1.29, 1.82) is 0 Å². The lowest BCUT2D eigenvalue weighted by atomic mass is 10.2. The molecule has 3 amide bonds. The average Bonchev–Trinajstić information content (AvgIpc) is 2.86. The van der Waals surface area contributed by atoms with E-state index in [2.05, 4.69) is 28.4 Å². The minimum atomic E-state index is -0.443. The zero-order valence-corrected chi connectivity index (χ0v) is 21.1. The van der Waals surface area contributed by atoms with E-state index >= 15 is 0 Å². The van der Waals surface area contributed by atoms with Gasteiger partial charge in [0, 0.05) is 17.7 Å². The predicted molar refractivity (Wildman–Crippen MR) is 141 cm³/mol. The zero-order chi connectivity index (χ0) is 25.5. The highest BCUT2D eigenvalue weighted by Crippen LogP contribution is 2.18. The Labute approximate surface area is 212 Å². The highest BCUT2D eigenvalue weighted by atomic mass is 32.1. The molecule has 0 aromatic heterocycles. The van der Waals surface area contributed by atoms with Gasteiger partial charge in [0.15, 0.2) is 5.11 Å². The minimum absolute atomic E-state index is 0.0547. The second kappa shape index (κ2) is 15.4. The van der Waals surface area contributed by atoms with Crippen LogP contribution in [0.2, 0.25) is 0 Å². The van der Waals surface area contributed by atoms with Crippen LogP contribution in [0.5, 0.6) is 5.75 Å². The van der Waals surface area contributed by atoms with Crippen LogP contribution in [0.4, 0.5) is 5.69 Å². The lowest BCUT2D eigenvalue weighted by Crippen LogP contribution is -2.48. The maximum atomic E-state index is 12.7. The molecule has 0 heterocycles. The molecule has 4 N–H and O–H groups in total. The van der Waals surface area contributed by atoms with Crippen molar-refractivity contribution in [1.82, 2.24) is 16.2 Å². The fourth-order valence-corrected chi connectivity index (χ4v) is 3.29. The van der Waals surface area contributed by atoms with Crippen molar-refractivity contribution < 1.29 is 19.1 Å². The predicted octanol–water partition coefficient (Wildman–Crippen LogP) is 4.72. The fraction of sp³-hybridized carbons (Fsp3) is 0.385. The first-order valence-electron chi connectivity index (χ1n) is 12.0. The molecule has 0 saturated heterocycles. The first kappa shape index (κ1) is 27.8. The first-order chi connectivity index (χ1) is 16.9. The zero-order valence-electron chi connectivity index (χ0n) is 20.3. The summed E-state index contributed by atoms with van der Waals surface area (Å²) in [5.74, 6) is -0.462. The maximum absolute atomic E-state index is 12.7. The largest absolute Gasteiger partial charge is 0.493 e. The Morgan fingerprint density at radius 1 is 0.829 bits per heavy atom. The molecule has 2 aromatic rings. The Kier molecular flexibility index (Phi) is 12.3. The third-order valence-corrected chi connectivity index (χ3v) is 5.30. The molecule has 0 aliphatic rings. The first-order valence-corrected chi connectivity index (χ1v) is 12.4. The van der Waals surface area contributed by atoms with Crippen LogP contribution in [-0.4, -0.2) is 29.4 Å². The number of carbonyl (C=O) groups is 3. The molecule has 0 bridgehead atoms. The number of ether oxygens (including phenoxy) is 1. The second-order valence-corrected chi connectivity index (χ2v) is 8.40. The Morgan fingerprint density at radius 2 is 1.54 bits per heavy atom. The number of amides is 3. The number of unbranched alkanes of at least 4 members (excludes halogenated alkanes) is 4. The molecule has 0 atom stereocenters. The summed E-state index contributed by atoms with van der Waals surface area (Å²) in [4.78, 5) is 36.8. The van der Waals surface area contributed by atoms with E-state index in [1.54, 1.807) is 48.5 Å². The number of para-hydroxylation sites is 1. The Balaban J connectivity index is 1.82. The van der Waals surface area contributed by atoms with Crippen LogP contribution in [0.3, 0.4) is 0 Å². The van der Waals surface area contributed by atoms with Gasteiger partial charge in [-0.05, 0) is 61.5 Å². The number of benzene rings is 2. The van der Waals surface area contributed by atoms with Gasteiger partial charge in [-0.2, -0.15) is 0 Å². The number of anilines is 1. The van der Waals surface area contributed by atoms with E-state index in [0.29, 0.717) is 35.6 Å². The average molecular weight is 499 g/mol. The van der Waals surface area contributed by atoms with Crippen molar-refractivity contribution >= 4 is 40.7 Å². The number of hydrogen-bond donors (Lipinski definition) is 4. The van der Waals surface area contributed by atoms with Gasteiger partial charge in [0.05, 0.1) is 12.2 Å². The number of hydrogen-bond acceptors (Lipinski definition) is 5. The van der Waals surface area contributed by atoms with Gasteiger partial charge in [0.1, 0.15) is 5.75 Å². The Hall–Kier alpha value is -3.46. The van der Waals surface area contributed by atoms with Crippen LogP contribution in [0.1, 0.15) is 79.5 Å². The maximum Gasteiger partial charge on any atom is 0.269 e. The van der Waals surface area contributed by atoms with Gasteiger partial charge >= 0.3 is 0 Å². The summed E-state index contributed by atoms with van der Waals surface area (Å²) in [5.41, 5.74) is 6.31. The molecule has 2 aromatic carbocycles. The van der Waals surface area contributed by atoms with Gasteiger partial charge in [-0.25, -0.2) is 0 Å². The van der Waals surface area contributed by atoms with Crippen LogP contribution < -0.4 is 26.2 Å². The third kappa shape index (κ3) is 10.1. The summed E-state index contributed by atoms with van der Waals surface area (Å²) in [7, 11) is 0. The molecule has 0 spiro atoms. The topological polar surface area (TPSA) is 109 Å². The molecular formula is C26H34N4O4S. The van der Waals surface area contributed by atoms with E-state index in [4.69, 9.17) is 17.0 Å². The highest BCUT2D eigenvalue weighted by molar-refractivity contribution is 7.80. The second-order valence-electron chi connectivity index (χ2n) is 8.00. The van der Waals surface area contributed by atoms with E-state index in [1.165, 1.54) is 0 Å². The van der Waals surface area contributed by atoms with Gasteiger partial charge in [0.25, 0.3) is 11.8 Å². The van der Waals surface area contributed by atoms with Crippen LogP contribution in [-0.2, 0) is 4.79 Å². The van der Waals surface area contributed by atoms with Gasteiger partial charge in [-0.15, -0.1) is 0 Å². The molecule has 0 unspecified atom stereocenters. The number of nitrogens with one attached hydrogen (secondary N) is 4. The molecule has 0 fully saturated rings. The van der Waals surface area contributed by atoms with Crippen molar-refractivity contribution in [2.45, 2.75) is 58.8 Å². The summed E-state index contributed by atoms with van der Waals surface area (Å²) in [5, 5.41) is 5.28. The van der Waals surface area contributed by atoms with Gasteiger partial charge in [0.2, 0.25) is 5.91 Å². The summed E-state index contributed by atoms with van der Waals surface area (Å²) in [6, 6.07) is 13.4. The molecule has 0 radical (unpaired) electrons. The molecule has 0 aliphatic carbocycles. The van der Waals surface area contributed by atoms with E-state index in [9.17, 15) is 14.4 Å².